The minimum atomic E-state index is -0.434. The number of fused-ring (bicyclic) bond motifs is 1. The molecule has 0 saturated heterocycles. The van der Waals surface area contributed by atoms with E-state index in [0.29, 0.717) is 5.39 Å². The largest absolute Gasteiger partial charge is 0.499 e. The van der Waals surface area contributed by atoms with E-state index in [4.69, 9.17) is 0 Å². The van der Waals surface area contributed by atoms with Crippen molar-refractivity contribution in [1.82, 2.24) is 0 Å². The van der Waals surface area contributed by atoms with E-state index in [0.717, 1.165) is 19.6 Å². The van der Waals surface area contributed by atoms with Gasteiger partial charge < -0.3 is 5.11 Å². The summed E-state index contributed by atoms with van der Waals surface area (Å²) in [4.78, 5) is 10.3. The minimum Gasteiger partial charge on any atom is -0.499 e. The quantitative estimate of drug-likeness (QED) is 0.499. The average molecular weight is 321 g/mol. The zero-order valence-corrected chi connectivity index (χ0v) is 9.70. The van der Waals surface area contributed by atoms with Gasteiger partial charge in [0.2, 0.25) is 0 Å². The molecule has 1 N–H and O–H groups in total. The highest BCUT2D eigenvalue weighted by atomic mass is 127. The summed E-state index contributed by atoms with van der Waals surface area (Å²) in [6.07, 6.45) is 0. The van der Waals surface area contributed by atoms with Crippen LogP contribution in [0.2, 0.25) is 0 Å². The Morgan fingerprint density at radius 1 is 1.43 bits per heavy atom. The van der Waals surface area contributed by atoms with Gasteiger partial charge in [0.05, 0.1) is 10.3 Å². The van der Waals surface area contributed by atoms with Gasteiger partial charge in [-0.1, -0.05) is 11.3 Å². The van der Waals surface area contributed by atoms with Gasteiger partial charge in [0.15, 0.2) is 5.06 Å². The molecule has 2 rings (SSSR count). The third-order valence-corrected chi connectivity index (χ3v) is 3.27. The van der Waals surface area contributed by atoms with Crippen molar-refractivity contribution in [2.24, 2.45) is 0 Å². The molecule has 72 valence electrons. The lowest BCUT2D eigenvalue weighted by atomic mass is 10.2. The van der Waals surface area contributed by atoms with E-state index in [1.165, 1.54) is 12.1 Å². The van der Waals surface area contributed by atoms with Crippen LogP contribution in [0.1, 0.15) is 0 Å². The fraction of sp³-hybridized carbons (Fsp3) is 0. The molecule has 0 unspecified atom stereocenters. The molecular formula is C8H4INO3S. The Bertz CT molecular complexity index is 523. The van der Waals surface area contributed by atoms with E-state index in [1.807, 2.05) is 28.7 Å². The average Bonchev–Trinajstić information content (AvgIpc) is 2.42. The maximum absolute atomic E-state index is 10.7. The number of hydrogen-bond acceptors (Lipinski definition) is 4. The van der Waals surface area contributed by atoms with Gasteiger partial charge in [0, 0.05) is 20.4 Å². The summed E-state index contributed by atoms with van der Waals surface area (Å²) >= 11 is 3.16. The molecule has 6 heteroatoms. The van der Waals surface area contributed by atoms with Gasteiger partial charge in [-0.15, -0.1) is 0 Å². The van der Waals surface area contributed by atoms with Crippen LogP contribution >= 0.6 is 33.9 Å². The topological polar surface area (TPSA) is 63.4 Å². The van der Waals surface area contributed by atoms with Gasteiger partial charge in [-0.05, 0) is 28.7 Å². The maximum Gasteiger partial charge on any atom is 0.279 e. The number of aromatic hydroxyl groups is 1. The van der Waals surface area contributed by atoms with Gasteiger partial charge in [0.1, 0.15) is 0 Å². The third kappa shape index (κ3) is 1.55. The lowest BCUT2D eigenvalue weighted by Gasteiger charge is -1.94. The van der Waals surface area contributed by atoms with Gasteiger partial charge in [-0.3, -0.25) is 10.1 Å². The Hall–Kier alpha value is -0.890. The lowest BCUT2D eigenvalue weighted by Crippen LogP contribution is -1.88. The van der Waals surface area contributed by atoms with Crippen molar-refractivity contribution >= 4 is 49.7 Å². The van der Waals surface area contributed by atoms with Crippen LogP contribution in [0.5, 0.6) is 5.06 Å². The number of hydrogen-bond donors (Lipinski definition) is 1. The lowest BCUT2D eigenvalue weighted by molar-refractivity contribution is -0.383. The number of nitro benzene ring substituents is 1. The van der Waals surface area contributed by atoms with Crippen molar-refractivity contribution in [3.8, 4) is 5.06 Å². The van der Waals surface area contributed by atoms with E-state index in [-0.39, 0.29) is 10.8 Å². The highest BCUT2D eigenvalue weighted by Crippen LogP contribution is 2.37. The van der Waals surface area contributed by atoms with Crippen molar-refractivity contribution < 1.29 is 10.0 Å². The van der Waals surface area contributed by atoms with Crippen LogP contribution in [-0.4, -0.2) is 10.0 Å². The number of rotatable bonds is 1. The van der Waals surface area contributed by atoms with E-state index in [2.05, 4.69) is 0 Å². The smallest absolute Gasteiger partial charge is 0.279 e. The first kappa shape index (κ1) is 9.66. The first-order valence-electron chi connectivity index (χ1n) is 3.64. The van der Waals surface area contributed by atoms with Gasteiger partial charge in [-0.25, -0.2) is 0 Å². The number of halogens is 1. The molecule has 1 heterocycles. The predicted octanol–water partition coefficient (Wildman–Crippen LogP) is 3.12. The molecule has 0 aliphatic heterocycles. The Morgan fingerprint density at radius 2 is 2.14 bits per heavy atom. The van der Waals surface area contributed by atoms with Crippen molar-refractivity contribution in [2.45, 2.75) is 0 Å². The Kier molecular flexibility index (Phi) is 2.31. The Balaban J connectivity index is 2.85. The second-order valence-electron chi connectivity index (χ2n) is 2.68. The van der Waals surface area contributed by atoms with Crippen LogP contribution in [0.25, 0.3) is 10.1 Å². The maximum atomic E-state index is 10.7. The summed E-state index contributed by atoms with van der Waals surface area (Å²) in [6, 6.07) is 4.73. The number of non-ortho nitro benzene ring substituents is 1. The zero-order valence-electron chi connectivity index (χ0n) is 6.73. The molecule has 0 bridgehead atoms. The van der Waals surface area contributed by atoms with Crippen molar-refractivity contribution in [3.63, 3.8) is 0 Å². The summed E-state index contributed by atoms with van der Waals surface area (Å²) in [5, 5.41) is 20.5. The molecular weight excluding hydrogens is 317 g/mol. The molecule has 14 heavy (non-hydrogen) atoms. The number of thiophene rings is 1. The summed E-state index contributed by atoms with van der Waals surface area (Å²) in [5.74, 6) is 0. The fourth-order valence-corrected chi connectivity index (χ4v) is 2.90. The SMILES string of the molecule is O=[N+]([O-])c1cc(I)cc2sc(O)cc12. The second-order valence-corrected chi connectivity index (χ2v) is 4.99. The number of nitrogens with zero attached hydrogens (tertiary/aromatic N) is 1. The molecule has 4 nitrogen and oxygen atoms in total. The second kappa shape index (κ2) is 3.35. The molecule has 1 aromatic carbocycles. The minimum absolute atomic E-state index is 0.0449. The van der Waals surface area contributed by atoms with Gasteiger partial charge in [-0.2, -0.15) is 0 Å². The van der Waals surface area contributed by atoms with E-state index in [9.17, 15) is 15.2 Å². The van der Waals surface area contributed by atoms with Crippen LogP contribution < -0.4 is 0 Å². The summed E-state index contributed by atoms with van der Waals surface area (Å²) in [5.41, 5.74) is 0.0449. The zero-order chi connectivity index (χ0) is 10.3. The number of benzene rings is 1. The molecule has 0 amide bonds. The first-order valence-corrected chi connectivity index (χ1v) is 5.54. The summed E-state index contributed by atoms with van der Waals surface area (Å²) < 4.78 is 1.53. The van der Waals surface area contributed by atoms with Gasteiger partial charge in [0.25, 0.3) is 5.69 Å². The molecule has 0 fully saturated rings. The van der Waals surface area contributed by atoms with Crippen molar-refractivity contribution in [1.29, 1.82) is 0 Å². The van der Waals surface area contributed by atoms with Crippen LogP contribution in [0.3, 0.4) is 0 Å². The molecule has 0 aliphatic carbocycles. The summed E-state index contributed by atoms with van der Waals surface area (Å²) in [6.45, 7) is 0. The molecule has 0 aliphatic rings. The first-order chi connectivity index (χ1) is 6.58. The highest BCUT2D eigenvalue weighted by Gasteiger charge is 2.15. The standard InChI is InChI=1S/C8H4INO3S/c9-4-1-6(10(12)13)5-3-8(11)14-7(5)2-4/h1-3,11H. The van der Waals surface area contributed by atoms with Crippen LogP contribution in [-0.2, 0) is 0 Å². The summed E-state index contributed by atoms with van der Waals surface area (Å²) in [7, 11) is 0. The monoisotopic (exact) mass is 321 g/mol. The molecule has 0 spiro atoms. The van der Waals surface area contributed by atoms with Crippen LogP contribution in [0, 0.1) is 13.7 Å². The number of nitro groups is 1. The van der Waals surface area contributed by atoms with E-state index >= 15 is 0 Å². The van der Waals surface area contributed by atoms with Crippen LogP contribution in [0.15, 0.2) is 18.2 Å². The molecule has 0 radical (unpaired) electrons. The molecule has 0 saturated carbocycles. The highest BCUT2D eigenvalue weighted by molar-refractivity contribution is 14.1. The van der Waals surface area contributed by atoms with Crippen molar-refractivity contribution in [2.75, 3.05) is 0 Å². The van der Waals surface area contributed by atoms with Gasteiger partial charge >= 0.3 is 0 Å². The van der Waals surface area contributed by atoms with E-state index in [1.54, 1.807) is 0 Å². The Morgan fingerprint density at radius 3 is 2.79 bits per heavy atom. The molecule has 0 atom stereocenters. The van der Waals surface area contributed by atoms with Crippen LogP contribution in [0.4, 0.5) is 5.69 Å². The fourth-order valence-electron chi connectivity index (χ4n) is 1.23. The van der Waals surface area contributed by atoms with E-state index < -0.39 is 4.92 Å². The Labute approximate surface area is 96.5 Å². The molecule has 1 aromatic heterocycles. The van der Waals surface area contributed by atoms with Crippen molar-refractivity contribution in [3.05, 3.63) is 31.9 Å². The predicted molar refractivity (Wildman–Crippen MR) is 62.9 cm³/mol. The normalized spacial score (nSPS) is 10.6. The molecule has 2 aromatic rings. The third-order valence-electron chi connectivity index (χ3n) is 1.76.